The topological polar surface area (TPSA) is 58.7 Å². The van der Waals surface area contributed by atoms with Crippen molar-refractivity contribution >= 4 is 16.7 Å². The summed E-state index contributed by atoms with van der Waals surface area (Å²) in [5.41, 5.74) is 4.46. The lowest BCUT2D eigenvalue weighted by atomic mass is 9.96. The zero-order chi connectivity index (χ0) is 28.3. The van der Waals surface area contributed by atoms with Crippen LogP contribution < -0.4 is 5.56 Å². The van der Waals surface area contributed by atoms with E-state index < -0.39 is 0 Å². The summed E-state index contributed by atoms with van der Waals surface area (Å²) in [7, 11) is 0. The van der Waals surface area contributed by atoms with Gasteiger partial charge in [0.15, 0.2) is 5.82 Å². The molecule has 7 nitrogen and oxygen atoms in total. The molecule has 1 aliphatic heterocycles. The summed E-state index contributed by atoms with van der Waals surface area (Å²) in [6.07, 6.45) is 0.863. The monoisotopic (exact) mass is 554 g/mol. The second-order valence-corrected chi connectivity index (χ2v) is 11.0. The highest BCUT2D eigenvalue weighted by molar-refractivity contribution is 5.82. The van der Waals surface area contributed by atoms with Gasteiger partial charge in [0, 0.05) is 38.3 Å². The van der Waals surface area contributed by atoms with Crippen LogP contribution >= 0.6 is 0 Å². The second kappa shape index (κ2) is 11.7. The van der Waals surface area contributed by atoms with E-state index in [2.05, 4.69) is 80.7 Å². The summed E-state index contributed by atoms with van der Waals surface area (Å²) < 4.78 is 3.83. The van der Waals surface area contributed by atoms with Crippen molar-refractivity contribution in [1.82, 2.24) is 29.0 Å². The third kappa shape index (κ3) is 5.02. The molecule has 3 heterocycles. The highest BCUT2D eigenvalue weighted by Gasteiger charge is 2.26. The van der Waals surface area contributed by atoms with Gasteiger partial charge in [-0.15, -0.1) is 10.2 Å². The summed E-state index contributed by atoms with van der Waals surface area (Å²) in [6.45, 7) is 5.53. The van der Waals surface area contributed by atoms with Crippen LogP contribution in [-0.4, -0.2) is 61.7 Å². The Kier molecular flexibility index (Phi) is 7.34. The molecule has 0 amide bonds. The smallest absolute Gasteiger partial charge is 0.262 e. The molecule has 7 heteroatoms. The molecule has 1 saturated heterocycles. The third-order valence-electron chi connectivity index (χ3n) is 8.40. The van der Waals surface area contributed by atoms with Crippen LogP contribution in [0.5, 0.6) is 0 Å². The van der Waals surface area contributed by atoms with E-state index in [9.17, 15) is 4.79 Å². The minimum absolute atomic E-state index is 0.0107. The van der Waals surface area contributed by atoms with Gasteiger partial charge in [-0.2, -0.15) is 0 Å². The van der Waals surface area contributed by atoms with E-state index in [1.165, 1.54) is 11.1 Å². The van der Waals surface area contributed by atoms with E-state index in [0.29, 0.717) is 17.7 Å². The Morgan fingerprint density at radius 3 is 1.90 bits per heavy atom. The fourth-order valence-electron chi connectivity index (χ4n) is 6.32. The van der Waals surface area contributed by atoms with Crippen molar-refractivity contribution in [1.29, 1.82) is 0 Å². The van der Waals surface area contributed by atoms with Crippen LogP contribution in [0.15, 0.2) is 120 Å². The number of rotatable bonds is 8. The van der Waals surface area contributed by atoms with Crippen molar-refractivity contribution in [3.63, 3.8) is 0 Å². The maximum atomic E-state index is 13.6. The van der Waals surface area contributed by atoms with Gasteiger partial charge in [-0.05, 0) is 36.2 Å². The summed E-state index contributed by atoms with van der Waals surface area (Å²) in [6, 6.07) is 39.7. The lowest BCUT2D eigenvalue weighted by Gasteiger charge is -2.39. The van der Waals surface area contributed by atoms with Gasteiger partial charge in [0.05, 0.1) is 16.9 Å². The van der Waals surface area contributed by atoms with Gasteiger partial charge in [-0.1, -0.05) is 103 Å². The van der Waals surface area contributed by atoms with Gasteiger partial charge in [0.1, 0.15) is 0 Å². The van der Waals surface area contributed by atoms with Crippen molar-refractivity contribution in [3.05, 3.63) is 137 Å². The summed E-state index contributed by atoms with van der Waals surface area (Å²) >= 11 is 0. The molecule has 4 aromatic carbocycles. The van der Waals surface area contributed by atoms with Crippen LogP contribution in [-0.2, 0) is 6.54 Å². The third-order valence-corrected chi connectivity index (χ3v) is 8.40. The van der Waals surface area contributed by atoms with Crippen molar-refractivity contribution in [2.45, 2.75) is 19.0 Å². The Labute approximate surface area is 245 Å². The van der Waals surface area contributed by atoms with Crippen LogP contribution in [0.3, 0.4) is 0 Å². The number of aromatic nitrogens is 4. The van der Waals surface area contributed by atoms with E-state index in [1.54, 1.807) is 4.57 Å². The lowest BCUT2D eigenvalue weighted by molar-refractivity contribution is 0.108. The zero-order valence-corrected chi connectivity index (χ0v) is 23.6. The molecule has 210 valence electrons. The van der Waals surface area contributed by atoms with Crippen LogP contribution in [0.25, 0.3) is 28.1 Å². The Morgan fingerprint density at radius 1 is 0.643 bits per heavy atom. The van der Waals surface area contributed by atoms with E-state index in [-0.39, 0.29) is 11.6 Å². The Balaban J connectivity index is 1.08. The van der Waals surface area contributed by atoms with Gasteiger partial charge in [-0.25, -0.2) is 0 Å². The number of nitrogens with zero attached hydrogens (tertiary/aromatic N) is 6. The van der Waals surface area contributed by atoms with E-state index in [0.717, 1.165) is 56.0 Å². The summed E-state index contributed by atoms with van der Waals surface area (Å²) in [4.78, 5) is 18.7. The molecule has 1 fully saturated rings. The van der Waals surface area contributed by atoms with E-state index in [1.807, 2.05) is 59.0 Å². The standard InChI is InChI=1S/C35H34N6O/c42-34-30-19-10-11-20-31(30)41-33(29-17-8-3-9-18-29)36-37-35(41)40(34)22-12-21-38-23-25-39(26-24-38)32(27-13-4-1-5-14-27)28-15-6-2-7-16-28/h1-11,13-20,32H,12,21-26H2. The summed E-state index contributed by atoms with van der Waals surface area (Å²) in [5, 5.41) is 9.73. The van der Waals surface area contributed by atoms with Gasteiger partial charge in [0.25, 0.3) is 5.56 Å². The Bertz CT molecular complexity index is 1800. The average molecular weight is 555 g/mol. The predicted octanol–water partition coefficient (Wildman–Crippen LogP) is 5.51. The molecule has 0 N–H and O–H groups in total. The Hall–Kier alpha value is -4.59. The van der Waals surface area contributed by atoms with Gasteiger partial charge < -0.3 is 4.90 Å². The molecule has 0 bridgehead atoms. The number of para-hydroxylation sites is 1. The van der Waals surface area contributed by atoms with Crippen molar-refractivity contribution < 1.29 is 0 Å². The number of benzene rings is 4. The van der Waals surface area contributed by atoms with Crippen LogP contribution in [0.2, 0.25) is 0 Å². The quantitative estimate of drug-likeness (QED) is 0.248. The van der Waals surface area contributed by atoms with Gasteiger partial charge in [-0.3, -0.25) is 18.7 Å². The first-order chi connectivity index (χ1) is 20.8. The molecule has 0 saturated carbocycles. The molecule has 2 aromatic heterocycles. The molecule has 0 spiro atoms. The molecule has 1 aliphatic rings. The molecular formula is C35H34N6O. The van der Waals surface area contributed by atoms with Crippen LogP contribution in [0.4, 0.5) is 0 Å². The minimum atomic E-state index is -0.0107. The maximum absolute atomic E-state index is 13.6. The fourth-order valence-corrected chi connectivity index (χ4v) is 6.32. The van der Waals surface area contributed by atoms with Gasteiger partial charge in [0.2, 0.25) is 5.78 Å². The van der Waals surface area contributed by atoms with Crippen molar-refractivity contribution in [2.24, 2.45) is 0 Å². The number of hydrogen-bond acceptors (Lipinski definition) is 5. The number of hydrogen-bond donors (Lipinski definition) is 0. The highest BCUT2D eigenvalue weighted by atomic mass is 16.1. The molecule has 42 heavy (non-hydrogen) atoms. The molecule has 0 atom stereocenters. The van der Waals surface area contributed by atoms with Crippen LogP contribution in [0, 0.1) is 0 Å². The van der Waals surface area contributed by atoms with Gasteiger partial charge >= 0.3 is 0 Å². The SMILES string of the molecule is O=c1c2ccccc2n2c(-c3ccccc3)nnc2n1CCCN1CCN(C(c2ccccc2)c2ccccc2)CC1. The minimum Gasteiger partial charge on any atom is -0.301 e. The zero-order valence-electron chi connectivity index (χ0n) is 23.6. The summed E-state index contributed by atoms with van der Waals surface area (Å²) in [5.74, 6) is 1.34. The number of piperazine rings is 1. The molecule has 0 unspecified atom stereocenters. The van der Waals surface area contributed by atoms with Crippen LogP contribution in [0.1, 0.15) is 23.6 Å². The molecule has 0 aliphatic carbocycles. The maximum Gasteiger partial charge on any atom is 0.262 e. The molecule has 6 aromatic rings. The molecular weight excluding hydrogens is 520 g/mol. The molecule has 0 radical (unpaired) electrons. The van der Waals surface area contributed by atoms with Crippen molar-refractivity contribution in [3.8, 4) is 11.4 Å². The highest BCUT2D eigenvalue weighted by Crippen LogP contribution is 2.29. The lowest BCUT2D eigenvalue weighted by Crippen LogP contribution is -2.48. The average Bonchev–Trinajstić information content (AvgIpc) is 3.50. The second-order valence-electron chi connectivity index (χ2n) is 11.0. The van der Waals surface area contributed by atoms with E-state index in [4.69, 9.17) is 0 Å². The normalized spacial score (nSPS) is 14.7. The number of aryl methyl sites for hydroxylation is 1. The first-order valence-electron chi connectivity index (χ1n) is 14.8. The van der Waals surface area contributed by atoms with E-state index >= 15 is 0 Å². The Morgan fingerprint density at radius 2 is 1.24 bits per heavy atom. The first-order valence-corrected chi connectivity index (χ1v) is 14.8. The predicted molar refractivity (Wildman–Crippen MR) is 168 cm³/mol. The largest absolute Gasteiger partial charge is 0.301 e. The fraction of sp³-hybridized carbons (Fsp3) is 0.229. The molecule has 7 rings (SSSR count). The first kappa shape index (κ1) is 26.3. The van der Waals surface area contributed by atoms with Crippen molar-refractivity contribution in [2.75, 3.05) is 32.7 Å². The number of fused-ring (bicyclic) bond motifs is 3.